The monoisotopic (exact) mass is 283 g/mol. The fourth-order valence-corrected chi connectivity index (χ4v) is 1.48. The molecule has 1 aliphatic rings. The van der Waals surface area contributed by atoms with Crippen LogP contribution in [-0.2, 0) is 4.74 Å². The van der Waals surface area contributed by atoms with Crippen LogP contribution < -0.4 is 5.32 Å². The molecule has 0 fully saturated rings. The van der Waals surface area contributed by atoms with Gasteiger partial charge in [0.15, 0.2) is 0 Å². The van der Waals surface area contributed by atoms with Crippen molar-refractivity contribution < 1.29 is 9.53 Å². The molecule has 0 saturated heterocycles. The predicted molar refractivity (Wildman–Crippen MR) is 90.6 cm³/mol. The second-order valence-corrected chi connectivity index (χ2v) is 5.65. The lowest BCUT2D eigenvalue weighted by Gasteiger charge is -2.19. The Bertz CT molecular complexity index is 544. The van der Waals surface area contributed by atoms with Crippen LogP contribution in [0, 0.1) is 0 Å². The third-order valence-corrected chi connectivity index (χ3v) is 2.36. The van der Waals surface area contributed by atoms with E-state index in [1.54, 1.807) is 0 Å². The zero-order chi connectivity index (χ0) is 15.7. The minimum Gasteiger partial charge on any atom is -0.444 e. The lowest BCUT2D eigenvalue weighted by atomic mass is 9.94. The summed E-state index contributed by atoms with van der Waals surface area (Å²) in [6.07, 6.45) is 18.7. The molecule has 0 spiro atoms. The van der Waals surface area contributed by atoms with Gasteiger partial charge in [0.05, 0.1) is 0 Å². The molecule has 0 saturated carbocycles. The summed E-state index contributed by atoms with van der Waals surface area (Å²) in [4.78, 5) is 11.8. The van der Waals surface area contributed by atoms with Crippen molar-refractivity contribution in [2.45, 2.75) is 26.4 Å². The number of hydrogen-bond donors (Lipinski definition) is 1. The van der Waals surface area contributed by atoms with Crippen LogP contribution in [0.3, 0.4) is 0 Å². The van der Waals surface area contributed by atoms with E-state index in [1.165, 1.54) is 5.47 Å². The Kier molecular flexibility index (Phi) is 6.53. The highest BCUT2D eigenvalue weighted by Crippen LogP contribution is 2.07. The van der Waals surface area contributed by atoms with Crippen LogP contribution in [0.2, 0.25) is 0 Å². The van der Waals surface area contributed by atoms with E-state index < -0.39 is 11.7 Å². The molecule has 0 aromatic heterocycles. The van der Waals surface area contributed by atoms with Gasteiger partial charge in [0.25, 0.3) is 0 Å². The Morgan fingerprint density at radius 2 is 1.62 bits per heavy atom. The molecule has 0 radical (unpaired) electrons. The normalized spacial score (nSPS) is 26.6. The Balaban J connectivity index is 2.81. The molecular weight excluding hydrogens is 261 g/mol. The van der Waals surface area contributed by atoms with Crippen molar-refractivity contribution >= 4 is 13.9 Å². The highest BCUT2D eigenvalue weighted by Gasteiger charge is 2.16. The zero-order valence-corrected chi connectivity index (χ0v) is 13.1. The third kappa shape index (κ3) is 8.53. The van der Waals surface area contributed by atoms with Gasteiger partial charge in [-0.1, -0.05) is 54.1 Å². The molecule has 1 rings (SSSR count). The number of hydrogen-bond acceptors (Lipinski definition) is 2. The molecule has 1 amide bonds. The maximum atomic E-state index is 11.8. The van der Waals surface area contributed by atoms with E-state index in [4.69, 9.17) is 4.74 Å². The van der Waals surface area contributed by atoms with Gasteiger partial charge in [0.2, 0.25) is 0 Å². The second-order valence-electron chi connectivity index (χ2n) is 5.65. The molecule has 0 bridgehead atoms. The number of amides is 1. The summed E-state index contributed by atoms with van der Waals surface area (Å²) in [5, 5.41) is 2.72. The molecule has 4 heteroatoms. The number of carbonyl (C=O) groups excluding carboxylic acids is 1. The summed E-state index contributed by atoms with van der Waals surface area (Å²) in [6, 6.07) is 0. The van der Waals surface area contributed by atoms with Crippen LogP contribution in [0.1, 0.15) is 20.8 Å². The summed E-state index contributed by atoms with van der Waals surface area (Å²) in [5.41, 5.74) is 1.32. The van der Waals surface area contributed by atoms with Crippen molar-refractivity contribution in [2.75, 3.05) is 0 Å². The summed E-state index contributed by atoms with van der Waals surface area (Å²) in [5.74, 6) is 0. The van der Waals surface area contributed by atoms with Crippen molar-refractivity contribution in [2.24, 2.45) is 0 Å². The number of ether oxygens (including phenoxy) is 1. The Morgan fingerprint density at radius 3 is 2.29 bits per heavy atom. The van der Waals surface area contributed by atoms with E-state index in [0.29, 0.717) is 5.70 Å². The third-order valence-electron chi connectivity index (χ3n) is 2.36. The molecule has 3 nitrogen and oxygen atoms in total. The van der Waals surface area contributed by atoms with Crippen molar-refractivity contribution in [1.82, 2.24) is 5.32 Å². The van der Waals surface area contributed by atoms with E-state index in [9.17, 15) is 4.79 Å². The highest BCUT2D eigenvalue weighted by atomic mass is 16.6. The molecule has 0 aliphatic heterocycles. The first-order chi connectivity index (χ1) is 9.87. The molecule has 21 heavy (non-hydrogen) atoms. The number of allylic oxidation sites excluding steroid dienone is 11. The minimum absolute atomic E-state index is 0.464. The maximum absolute atomic E-state index is 11.8. The standard InChI is InChI=1S/C17H22BNO2/c1-17(2,3)21-16(20)19-15-12-8-4-6-10-14(18)11-7-5-9-13-15/h4-13H,18H2,1-3H3,(H,19,20)/b6-4-,7-5?,8-4?,9-5-,10-6?,11-7-,12-8-,13-9?,14-10+,14-11?,15-12?,15-13+. The first-order valence-corrected chi connectivity index (χ1v) is 6.93. The molecule has 1 aliphatic carbocycles. The Labute approximate surface area is 127 Å². The zero-order valence-electron chi connectivity index (χ0n) is 13.1. The van der Waals surface area contributed by atoms with Gasteiger partial charge in [0, 0.05) is 5.70 Å². The molecule has 0 aromatic rings. The summed E-state index contributed by atoms with van der Waals surface area (Å²) in [6.45, 7) is 5.50. The van der Waals surface area contributed by atoms with Gasteiger partial charge in [-0.3, -0.25) is 5.32 Å². The van der Waals surface area contributed by atoms with Crippen molar-refractivity contribution in [3.05, 3.63) is 71.9 Å². The Morgan fingerprint density at radius 1 is 1.00 bits per heavy atom. The van der Waals surface area contributed by atoms with Gasteiger partial charge in [-0.25, -0.2) is 4.79 Å². The highest BCUT2D eigenvalue weighted by molar-refractivity contribution is 6.23. The van der Waals surface area contributed by atoms with Gasteiger partial charge in [-0.15, -0.1) is 0 Å². The average molecular weight is 283 g/mol. The van der Waals surface area contributed by atoms with Gasteiger partial charge < -0.3 is 4.74 Å². The summed E-state index contributed by atoms with van der Waals surface area (Å²) >= 11 is 0. The molecule has 110 valence electrons. The van der Waals surface area contributed by atoms with E-state index in [1.807, 2.05) is 89.4 Å². The van der Waals surface area contributed by atoms with E-state index >= 15 is 0 Å². The minimum atomic E-state index is -0.513. The number of nitrogens with one attached hydrogen (secondary N) is 1. The van der Waals surface area contributed by atoms with Gasteiger partial charge >= 0.3 is 6.09 Å². The Hall–Kier alpha value is -2.23. The quantitative estimate of drug-likeness (QED) is 0.751. The van der Waals surface area contributed by atoms with Crippen molar-refractivity contribution in [1.29, 1.82) is 0 Å². The number of rotatable bonds is 1. The van der Waals surface area contributed by atoms with Gasteiger partial charge in [0.1, 0.15) is 13.4 Å². The first-order valence-electron chi connectivity index (χ1n) is 6.93. The predicted octanol–water partition coefficient (Wildman–Crippen LogP) is 3.15. The number of alkyl carbamates (subject to hydrolysis) is 1. The van der Waals surface area contributed by atoms with Crippen LogP contribution >= 0.6 is 0 Å². The molecule has 1 N–H and O–H groups in total. The van der Waals surface area contributed by atoms with Crippen LogP contribution in [0.4, 0.5) is 4.79 Å². The van der Waals surface area contributed by atoms with E-state index in [2.05, 4.69) is 5.32 Å². The summed E-state index contributed by atoms with van der Waals surface area (Å²) in [7, 11) is 2.04. The smallest absolute Gasteiger partial charge is 0.412 e. The lowest BCUT2D eigenvalue weighted by Crippen LogP contribution is -2.31. The molecule has 0 unspecified atom stereocenters. The van der Waals surface area contributed by atoms with Crippen molar-refractivity contribution in [3.63, 3.8) is 0 Å². The maximum Gasteiger partial charge on any atom is 0.412 e. The SMILES string of the molecule is BC1=C/C=C\C=C/C(NC(=O)OC(C)(C)C)=C\C=C/C=C\1. The molecule has 0 aromatic carbocycles. The first kappa shape index (κ1) is 16.8. The van der Waals surface area contributed by atoms with Crippen molar-refractivity contribution in [3.8, 4) is 0 Å². The van der Waals surface area contributed by atoms with Gasteiger partial charge in [-0.05, 0) is 32.9 Å². The van der Waals surface area contributed by atoms with Crippen LogP contribution in [0.5, 0.6) is 0 Å². The molecule has 0 heterocycles. The molecular formula is C17H22BNO2. The van der Waals surface area contributed by atoms with Gasteiger partial charge in [-0.2, -0.15) is 0 Å². The largest absolute Gasteiger partial charge is 0.444 e. The molecule has 0 atom stereocenters. The second kappa shape index (κ2) is 8.15. The number of carbonyl (C=O) groups is 1. The van der Waals surface area contributed by atoms with E-state index in [0.717, 1.165) is 0 Å². The fraction of sp³-hybridized carbons (Fsp3) is 0.235. The average Bonchev–Trinajstić information content (AvgIpc) is 2.33. The summed E-state index contributed by atoms with van der Waals surface area (Å²) < 4.78 is 5.24. The topological polar surface area (TPSA) is 38.3 Å². The van der Waals surface area contributed by atoms with Crippen LogP contribution in [0.15, 0.2) is 71.9 Å². The lowest BCUT2D eigenvalue weighted by molar-refractivity contribution is 0.0548. The fourth-order valence-electron chi connectivity index (χ4n) is 1.48. The van der Waals surface area contributed by atoms with E-state index in [-0.39, 0.29) is 0 Å². The van der Waals surface area contributed by atoms with Crippen LogP contribution in [-0.4, -0.2) is 19.5 Å². The van der Waals surface area contributed by atoms with Crippen LogP contribution in [0.25, 0.3) is 0 Å².